The average Bonchev–Trinajstić information content (AvgIpc) is 2.65. The molecule has 0 bridgehead atoms. The molecule has 2 atom stereocenters. The molecule has 1 heterocycles. The van der Waals surface area contributed by atoms with Gasteiger partial charge in [0.1, 0.15) is 0 Å². The lowest BCUT2D eigenvalue weighted by Crippen LogP contribution is -2.26. The van der Waals surface area contributed by atoms with Gasteiger partial charge in [0.05, 0.1) is 6.20 Å². The Balaban J connectivity index is 2.35. The Kier molecular flexibility index (Phi) is 5.49. The molecule has 4 heteroatoms. The molecule has 0 saturated heterocycles. The van der Waals surface area contributed by atoms with Crippen molar-refractivity contribution in [1.29, 1.82) is 0 Å². The molecule has 2 N–H and O–H groups in total. The Morgan fingerprint density at radius 2 is 2.31 bits per heavy atom. The lowest BCUT2D eigenvalue weighted by Gasteiger charge is -2.15. The molecule has 0 spiro atoms. The summed E-state index contributed by atoms with van der Waals surface area (Å²) in [5.41, 5.74) is 7.32. The zero-order valence-electron chi connectivity index (χ0n) is 10.5. The van der Waals surface area contributed by atoms with Crippen LogP contribution in [-0.4, -0.2) is 29.5 Å². The number of rotatable bonds is 7. The van der Waals surface area contributed by atoms with Crippen molar-refractivity contribution in [3.63, 3.8) is 0 Å². The van der Waals surface area contributed by atoms with E-state index in [-0.39, 0.29) is 6.04 Å². The molecular weight excluding hydrogens is 202 g/mol. The van der Waals surface area contributed by atoms with Gasteiger partial charge in [0.15, 0.2) is 0 Å². The van der Waals surface area contributed by atoms with Crippen LogP contribution in [0.15, 0.2) is 12.4 Å². The molecule has 0 radical (unpaired) electrons. The summed E-state index contributed by atoms with van der Waals surface area (Å²) in [6.45, 7) is 5.94. The third-order valence-corrected chi connectivity index (χ3v) is 2.66. The van der Waals surface area contributed by atoms with Crippen LogP contribution in [0.2, 0.25) is 0 Å². The monoisotopic (exact) mass is 225 g/mol. The second-order valence-corrected chi connectivity index (χ2v) is 4.46. The number of nitrogens with two attached hydrogens (primary N) is 1. The first-order valence-electron chi connectivity index (χ1n) is 5.91. The molecule has 1 aromatic heterocycles. The van der Waals surface area contributed by atoms with Gasteiger partial charge in [-0.25, -0.2) is 0 Å². The van der Waals surface area contributed by atoms with Gasteiger partial charge in [-0.05, 0) is 31.2 Å². The van der Waals surface area contributed by atoms with E-state index in [4.69, 9.17) is 10.5 Å². The Hall–Kier alpha value is -0.870. The maximum atomic E-state index is 6.10. The summed E-state index contributed by atoms with van der Waals surface area (Å²) in [4.78, 5) is 0. The molecule has 92 valence electrons. The molecule has 4 nitrogen and oxygen atoms in total. The van der Waals surface area contributed by atoms with Crippen LogP contribution in [0.1, 0.15) is 25.8 Å². The molecule has 0 aromatic carbocycles. The Morgan fingerprint density at radius 3 is 2.88 bits per heavy atom. The highest BCUT2D eigenvalue weighted by Crippen LogP contribution is 2.09. The molecule has 1 rings (SSSR count). The van der Waals surface area contributed by atoms with Crippen LogP contribution in [0, 0.1) is 5.92 Å². The van der Waals surface area contributed by atoms with Gasteiger partial charge >= 0.3 is 0 Å². The van der Waals surface area contributed by atoms with Crippen molar-refractivity contribution in [3.05, 3.63) is 18.0 Å². The Labute approximate surface area is 97.8 Å². The van der Waals surface area contributed by atoms with E-state index in [1.54, 1.807) is 7.11 Å². The smallest absolute Gasteiger partial charge is 0.0522 e. The van der Waals surface area contributed by atoms with Gasteiger partial charge in [0.2, 0.25) is 0 Å². The summed E-state index contributed by atoms with van der Waals surface area (Å²) in [6, 6.07) is 0.194. The minimum absolute atomic E-state index is 0.194. The van der Waals surface area contributed by atoms with Crippen molar-refractivity contribution in [2.75, 3.05) is 13.7 Å². The van der Waals surface area contributed by atoms with Crippen LogP contribution >= 0.6 is 0 Å². The van der Waals surface area contributed by atoms with Crippen LogP contribution in [0.4, 0.5) is 0 Å². The second-order valence-electron chi connectivity index (χ2n) is 4.46. The van der Waals surface area contributed by atoms with E-state index in [0.29, 0.717) is 5.92 Å². The molecule has 0 saturated carbocycles. The normalized spacial score (nSPS) is 15.0. The minimum atomic E-state index is 0.194. The van der Waals surface area contributed by atoms with Crippen molar-refractivity contribution < 1.29 is 4.74 Å². The van der Waals surface area contributed by atoms with Crippen LogP contribution in [0.25, 0.3) is 0 Å². The van der Waals surface area contributed by atoms with E-state index in [9.17, 15) is 0 Å². The summed E-state index contributed by atoms with van der Waals surface area (Å²) in [6.07, 6.45) is 5.87. The Bertz CT molecular complexity index is 298. The predicted octanol–water partition coefficient (Wildman–Crippen LogP) is 1.45. The van der Waals surface area contributed by atoms with Crippen molar-refractivity contribution in [2.45, 2.75) is 39.3 Å². The Morgan fingerprint density at radius 1 is 1.56 bits per heavy atom. The number of methoxy groups -OCH3 is 1. The first-order valence-corrected chi connectivity index (χ1v) is 5.91. The molecule has 0 aliphatic rings. The summed E-state index contributed by atoms with van der Waals surface area (Å²) in [7, 11) is 1.73. The van der Waals surface area contributed by atoms with E-state index in [1.807, 2.05) is 10.9 Å². The summed E-state index contributed by atoms with van der Waals surface area (Å²) < 4.78 is 7.04. The van der Waals surface area contributed by atoms with Crippen LogP contribution < -0.4 is 5.73 Å². The first kappa shape index (κ1) is 13.2. The summed E-state index contributed by atoms with van der Waals surface area (Å²) in [5, 5.41) is 4.24. The van der Waals surface area contributed by atoms with Gasteiger partial charge in [-0.3, -0.25) is 4.68 Å². The van der Waals surface area contributed by atoms with Gasteiger partial charge in [0.25, 0.3) is 0 Å². The number of nitrogens with zero attached hydrogens (tertiary/aromatic N) is 2. The number of aryl methyl sites for hydroxylation is 1. The summed E-state index contributed by atoms with van der Waals surface area (Å²) in [5.74, 6) is 0.515. The fraction of sp³-hybridized carbons (Fsp3) is 0.750. The highest BCUT2D eigenvalue weighted by atomic mass is 16.5. The molecule has 0 fully saturated rings. The molecule has 0 aliphatic heterocycles. The van der Waals surface area contributed by atoms with Gasteiger partial charge in [-0.2, -0.15) is 5.10 Å². The lowest BCUT2D eigenvalue weighted by atomic mass is 9.99. The maximum absolute atomic E-state index is 6.10. The minimum Gasteiger partial charge on any atom is -0.384 e. The second kappa shape index (κ2) is 6.66. The van der Waals surface area contributed by atoms with Crippen LogP contribution in [0.3, 0.4) is 0 Å². The molecule has 2 unspecified atom stereocenters. The molecule has 0 aliphatic carbocycles. The average molecular weight is 225 g/mol. The fourth-order valence-electron chi connectivity index (χ4n) is 1.94. The molecule has 0 amide bonds. The highest BCUT2D eigenvalue weighted by molar-refractivity contribution is 5.05. The molecule has 16 heavy (non-hydrogen) atoms. The van der Waals surface area contributed by atoms with E-state index in [1.165, 1.54) is 5.56 Å². The van der Waals surface area contributed by atoms with Crippen LogP contribution in [0.5, 0.6) is 0 Å². The van der Waals surface area contributed by atoms with E-state index >= 15 is 0 Å². The lowest BCUT2D eigenvalue weighted by molar-refractivity contribution is 0.152. The van der Waals surface area contributed by atoms with Crippen molar-refractivity contribution >= 4 is 0 Å². The molecule has 1 aromatic rings. The van der Waals surface area contributed by atoms with Gasteiger partial charge in [-0.15, -0.1) is 0 Å². The van der Waals surface area contributed by atoms with E-state index < -0.39 is 0 Å². The van der Waals surface area contributed by atoms with E-state index in [2.05, 4.69) is 25.1 Å². The zero-order valence-corrected chi connectivity index (χ0v) is 10.5. The predicted molar refractivity (Wildman–Crippen MR) is 65.2 cm³/mol. The van der Waals surface area contributed by atoms with Gasteiger partial charge in [0, 0.05) is 32.5 Å². The van der Waals surface area contributed by atoms with Crippen molar-refractivity contribution in [1.82, 2.24) is 9.78 Å². The fourth-order valence-corrected chi connectivity index (χ4v) is 1.94. The van der Waals surface area contributed by atoms with E-state index in [0.717, 1.165) is 26.0 Å². The topological polar surface area (TPSA) is 53.1 Å². The third kappa shape index (κ3) is 4.33. The first-order chi connectivity index (χ1) is 7.65. The quantitative estimate of drug-likeness (QED) is 0.764. The SMILES string of the molecule is CCn1cc(CC(N)CC(C)COC)cn1. The number of hydrogen-bond donors (Lipinski definition) is 1. The van der Waals surface area contributed by atoms with Gasteiger partial charge < -0.3 is 10.5 Å². The number of ether oxygens (including phenoxy) is 1. The molecular formula is C12H23N3O. The largest absolute Gasteiger partial charge is 0.384 e. The van der Waals surface area contributed by atoms with Crippen molar-refractivity contribution in [2.24, 2.45) is 11.7 Å². The number of aromatic nitrogens is 2. The van der Waals surface area contributed by atoms with Crippen LogP contribution in [-0.2, 0) is 17.7 Å². The number of hydrogen-bond acceptors (Lipinski definition) is 3. The third-order valence-electron chi connectivity index (χ3n) is 2.66. The summed E-state index contributed by atoms with van der Waals surface area (Å²) >= 11 is 0. The highest BCUT2D eigenvalue weighted by Gasteiger charge is 2.10. The van der Waals surface area contributed by atoms with Gasteiger partial charge in [-0.1, -0.05) is 6.92 Å². The standard InChI is InChI=1S/C12H23N3O/c1-4-15-8-11(7-14-15)6-12(13)5-10(2)9-16-3/h7-8,10,12H,4-6,9,13H2,1-3H3. The van der Waals surface area contributed by atoms with Crippen molar-refractivity contribution in [3.8, 4) is 0 Å². The maximum Gasteiger partial charge on any atom is 0.0522 e. The zero-order chi connectivity index (χ0) is 12.0.